The number of carbonyl (C=O) groups is 2. The molecule has 0 aromatic heterocycles. The summed E-state index contributed by atoms with van der Waals surface area (Å²) in [5, 5.41) is 0. The summed E-state index contributed by atoms with van der Waals surface area (Å²) < 4.78 is 35.8. The zero-order valence-electron chi connectivity index (χ0n) is 7.47. The Balaban J connectivity index is 2.64. The molecule has 7 heteroatoms. The Hall–Kier alpha value is -1.27. The van der Waals surface area contributed by atoms with Gasteiger partial charge in [0.25, 0.3) is 0 Å². The van der Waals surface area contributed by atoms with Crippen molar-refractivity contribution in [3.63, 3.8) is 0 Å². The predicted molar refractivity (Wildman–Crippen MR) is 40.3 cm³/mol. The Morgan fingerprint density at radius 2 is 1.93 bits per heavy atom. The van der Waals surface area contributed by atoms with Crippen LogP contribution in [0.3, 0.4) is 0 Å². The summed E-state index contributed by atoms with van der Waals surface area (Å²) in [4.78, 5) is 23.5. The van der Waals surface area contributed by atoms with Gasteiger partial charge in [0.05, 0.1) is 0 Å². The summed E-state index contributed by atoms with van der Waals surface area (Å²) in [7, 11) is 1.48. The van der Waals surface area contributed by atoms with Gasteiger partial charge in [-0.25, -0.2) is 0 Å². The summed E-state index contributed by atoms with van der Waals surface area (Å²) in [6, 6.07) is 0. The van der Waals surface area contributed by atoms with Crippen molar-refractivity contribution in [1.29, 1.82) is 0 Å². The Morgan fingerprint density at radius 1 is 1.36 bits per heavy atom. The van der Waals surface area contributed by atoms with Gasteiger partial charge in [0.1, 0.15) is 6.54 Å². The molecule has 1 rings (SSSR count). The first kappa shape index (κ1) is 10.8. The summed E-state index contributed by atoms with van der Waals surface area (Å²) in [6.45, 7) is -0.421. The zero-order chi connectivity index (χ0) is 10.9. The maximum atomic E-state index is 11.9. The maximum absolute atomic E-state index is 11.9. The number of rotatable bonds is 0. The molecule has 0 aliphatic carbocycles. The quantitative estimate of drug-likeness (QED) is 0.558. The Kier molecular flexibility index (Phi) is 2.68. The second-order valence-corrected chi connectivity index (χ2v) is 3.04. The zero-order valence-corrected chi connectivity index (χ0v) is 7.47. The number of piperazine rings is 1. The van der Waals surface area contributed by atoms with Gasteiger partial charge < -0.3 is 9.80 Å². The molecule has 4 nitrogen and oxygen atoms in total. The van der Waals surface area contributed by atoms with Crippen molar-refractivity contribution in [1.82, 2.24) is 9.80 Å². The SMILES string of the molecule is CN1CCN(C(=O)C(F)(F)F)CC1=O. The van der Waals surface area contributed by atoms with Crippen LogP contribution in [-0.4, -0.2) is 54.5 Å². The Labute approximate surface area is 78.3 Å². The minimum absolute atomic E-state index is 0.0689. The number of alkyl halides is 3. The molecular formula is C7H9F3N2O2. The Bertz CT molecular complexity index is 264. The second kappa shape index (κ2) is 3.47. The summed E-state index contributed by atoms with van der Waals surface area (Å²) in [5.74, 6) is -2.42. The molecule has 14 heavy (non-hydrogen) atoms. The lowest BCUT2D eigenvalue weighted by Gasteiger charge is -2.32. The van der Waals surface area contributed by atoms with Crippen molar-refractivity contribution >= 4 is 11.8 Å². The molecule has 1 aliphatic heterocycles. The van der Waals surface area contributed by atoms with Gasteiger partial charge in [0, 0.05) is 20.1 Å². The first-order chi connectivity index (χ1) is 6.32. The van der Waals surface area contributed by atoms with Crippen LogP contribution in [0.15, 0.2) is 0 Å². The van der Waals surface area contributed by atoms with E-state index in [-0.39, 0.29) is 13.1 Å². The lowest BCUT2D eigenvalue weighted by molar-refractivity contribution is -0.187. The van der Waals surface area contributed by atoms with E-state index in [1.165, 1.54) is 11.9 Å². The van der Waals surface area contributed by atoms with Gasteiger partial charge in [0.2, 0.25) is 5.91 Å². The fourth-order valence-electron chi connectivity index (χ4n) is 1.11. The largest absolute Gasteiger partial charge is 0.471 e. The van der Waals surface area contributed by atoms with Crippen molar-refractivity contribution in [2.45, 2.75) is 6.18 Å². The van der Waals surface area contributed by atoms with E-state index in [9.17, 15) is 22.8 Å². The molecule has 2 amide bonds. The summed E-state index contributed by atoms with van der Waals surface area (Å²) >= 11 is 0. The average molecular weight is 210 g/mol. The van der Waals surface area contributed by atoms with Gasteiger partial charge in [-0.3, -0.25) is 9.59 Å². The molecule has 0 atom stereocenters. The molecule has 1 saturated heterocycles. The maximum Gasteiger partial charge on any atom is 0.471 e. The fourth-order valence-corrected chi connectivity index (χ4v) is 1.11. The van der Waals surface area contributed by atoms with E-state index in [0.29, 0.717) is 4.90 Å². The van der Waals surface area contributed by atoms with E-state index in [1.807, 2.05) is 0 Å². The third-order valence-electron chi connectivity index (χ3n) is 1.99. The van der Waals surface area contributed by atoms with Gasteiger partial charge in [-0.15, -0.1) is 0 Å². The van der Waals surface area contributed by atoms with Crippen molar-refractivity contribution in [3.05, 3.63) is 0 Å². The van der Waals surface area contributed by atoms with E-state index in [4.69, 9.17) is 0 Å². The molecule has 0 aromatic carbocycles. The van der Waals surface area contributed by atoms with Gasteiger partial charge >= 0.3 is 12.1 Å². The first-order valence-electron chi connectivity index (χ1n) is 3.92. The number of carbonyl (C=O) groups excluding carboxylic acids is 2. The van der Waals surface area contributed by atoms with Crippen LogP contribution in [-0.2, 0) is 9.59 Å². The molecule has 0 aromatic rings. The first-order valence-corrected chi connectivity index (χ1v) is 3.92. The highest BCUT2D eigenvalue weighted by Gasteiger charge is 2.44. The van der Waals surface area contributed by atoms with Crippen LogP contribution in [0.1, 0.15) is 0 Å². The standard InChI is InChI=1S/C7H9F3N2O2/c1-11-2-3-12(4-5(11)13)6(14)7(8,9)10/h2-4H2,1H3. The lowest BCUT2D eigenvalue weighted by Crippen LogP contribution is -2.53. The third-order valence-corrected chi connectivity index (χ3v) is 1.99. The number of likely N-dealkylation sites (N-methyl/N-ethyl adjacent to an activating group) is 1. The fraction of sp³-hybridized carbons (Fsp3) is 0.714. The molecule has 0 bridgehead atoms. The molecule has 80 valence electrons. The van der Waals surface area contributed by atoms with Crippen molar-refractivity contribution in [2.75, 3.05) is 26.7 Å². The predicted octanol–water partition coefficient (Wildman–Crippen LogP) is -0.151. The van der Waals surface area contributed by atoms with Crippen LogP contribution < -0.4 is 0 Å². The second-order valence-electron chi connectivity index (χ2n) is 3.04. The number of amides is 2. The molecule has 0 N–H and O–H groups in total. The average Bonchev–Trinajstić information content (AvgIpc) is 2.07. The van der Waals surface area contributed by atoms with E-state index in [0.717, 1.165) is 0 Å². The molecule has 1 fully saturated rings. The number of hydrogen-bond acceptors (Lipinski definition) is 2. The van der Waals surface area contributed by atoms with Gasteiger partial charge in [-0.05, 0) is 0 Å². The summed E-state index contributed by atoms with van der Waals surface area (Å²) in [5.41, 5.74) is 0. The molecule has 1 aliphatic rings. The molecular weight excluding hydrogens is 201 g/mol. The van der Waals surface area contributed by atoms with E-state index < -0.39 is 24.5 Å². The minimum Gasteiger partial charge on any atom is -0.342 e. The molecule has 0 saturated carbocycles. The van der Waals surface area contributed by atoms with Crippen molar-refractivity contribution in [3.8, 4) is 0 Å². The van der Waals surface area contributed by atoms with Gasteiger partial charge in [-0.2, -0.15) is 13.2 Å². The van der Waals surface area contributed by atoms with Gasteiger partial charge in [0.15, 0.2) is 0 Å². The van der Waals surface area contributed by atoms with Crippen molar-refractivity contribution in [2.24, 2.45) is 0 Å². The number of halogens is 3. The van der Waals surface area contributed by atoms with Crippen LogP contribution in [0.4, 0.5) is 13.2 Å². The lowest BCUT2D eigenvalue weighted by atomic mass is 10.3. The molecule has 0 spiro atoms. The number of hydrogen-bond donors (Lipinski definition) is 0. The highest BCUT2D eigenvalue weighted by atomic mass is 19.4. The monoisotopic (exact) mass is 210 g/mol. The van der Waals surface area contributed by atoms with Gasteiger partial charge in [-0.1, -0.05) is 0 Å². The van der Waals surface area contributed by atoms with E-state index in [1.54, 1.807) is 0 Å². The van der Waals surface area contributed by atoms with Crippen LogP contribution >= 0.6 is 0 Å². The molecule has 1 heterocycles. The van der Waals surface area contributed by atoms with Crippen molar-refractivity contribution < 1.29 is 22.8 Å². The topological polar surface area (TPSA) is 40.6 Å². The van der Waals surface area contributed by atoms with Crippen LogP contribution in [0.5, 0.6) is 0 Å². The Morgan fingerprint density at radius 3 is 2.36 bits per heavy atom. The normalized spacial score (nSPS) is 18.7. The highest BCUT2D eigenvalue weighted by Crippen LogP contribution is 2.19. The highest BCUT2D eigenvalue weighted by molar-refractivity contribution is 5.88. The third kappa shape index (κ3) is 2.15. The smallest absolute Gasteiger partial charge is 0.342 e. The van der Waals surface area contributed by atoms with Crippen LogP contribution in [0.2, 0.25) is 0 Å². The molecule has 0 radical (unpaired) electrons. The minimum atomic E-state index is -4.89. The van der Waals surface area contributed by atoms with Crippen LogP contribution in [0.25, 0.3) is 0 Å². The molecule has 0 unspecified atom stereocenters. The van der Waals surface area contributed by atoms with E-state index >= 15 is 0 Å². The van der Waals surface area contributed by atoms with E-state index in [2.05, 4.69) is 0 Å². The van der Waals surface area contributed by atoms with Crippen LogP contribution in [0, 0.1) is 0 Å². The summed E-state index contributed by atoms with van der Waals surface area (Å²) in [6.07, 6.45) is -4.89. The number of nitrogens with zero attached hydrogens (tertiary/aromatic N) is 2.